The van der Waals surface area contributed by atoms with Gasteiger partial charge in [-0.05, 0) is 19.4 Å². The van der Waals surface area contributed by atoms with Crippen LogP contribution < -0.4 is 5.73 Å². The molecule has 0 spiro atoms. The maximum absolute atomic E-state index is 10.6. The van der Waals surface area contributed by atoms with Gasteiger partial charge in [-0.3, -0.25) is 9.13 Å². The Bertz CT molecular complexity index is 221. The number of hydrogen-bond donors (Lipinski definition) is 5. The molecule has 0 aromatic heterocycles. The third kappa shape index (κ3) is 4.88. The van der Waals surface area contributed by atoms with Crippen LogP contribution in [0.2, 0.25) is 0 Å². The Morgan fingerprint density at radius 1 is 1.08 bits per heavy atom. The zero-order valence-corrected chi connectivity index (χ0v) is 8.56. The molecule has 6 N–H and O–H groups in total. The number of nitrogens with two attached hydrogens (primary N) is 1. The molecule has 9 heteroatoms. The van der Waals surface area contributed by atoms with E-state index in [0.717, 1.165) is 0 Å². The van der Waals surface area contributed by atoms with Gasteiger partial charge in [0, 0.05) is 0 Å². The SMILES string of the molecule is NCCCC(P(=O)(O)O)P(=O)(O)O. The van der Waals surface area contributed by atoms with Crippen LogP contribution >= 0.6 is 15.2 Å². The molecule has 0 rings (SSSR count). The molecular weight excluding hydrogens is 220 g/mol. The first kappa shape index (κ1) is 13.3. The lowest BCUT2D eigenvalue weighted by atomic mass is 10.3. The van der Waals surface area contributed by atoms with E-state index in [1.54, 1.807) is 0 Å². The molecule has 0 saturated carbocycles. The zero-order chi connectivity index (χ0) is 10.7. The van der Waals surface area contributed by atoms with Crippen LogP contribution in [0.1, 0.15) is 12.8 Å². The molecule has 80 valence electrons. The minimum Gasteiger partial charge on any atom is -0.330 e. The smallest absolute Gasteiger partial charge is 0.330 e. The topological polar surface area (TPSA) is 141 Å². The molecule has 0 heterocycles. The van der Waals surface area contributed by atoms with Gasteiger partial charge >= 0.3 is 15.2 Å². The average Bonchev–Trinajstić information content (AvgIpc) is 1.81. The summed E-state index contributed by atoms with van der Waals surface area (Å²) in [7, 11) is -9.49. The lowest BCUT2D eigenvalue weighted by molar-refractivity contribution is 0.334. The molecule has 0 fully saturated rings. The van der Waals surface area contributed by atoms with Crippen LogP contribution in [-0.4, -0.2) is 31.5 Å². The van der Waals surface area contributed by atoms with Gasteiger partial charge in [0.05, 0.1) is 0 Å². The van der Waals surface area contributed by atoms with Crippen LogP contribution in [0.5, 0.6) is 0 Å². The van der Waals surface area contributed by atoms with Crippen molar-refractivity contribution in [3.8, 4) is 0 Å². The monoisotopic (exact) mass is 233 g/mol. The molecule has 0 aliphatic rings. The molecule has 0 unspecified atom stereocenters. The predicted molar refractivity (Wildman–Crippen MR) is 46.2 cm³/mol. The van der Waals surface area contributed by atoms with E-state index in [9.17, 15) is 9.13 Å². The Hall–Kier alpha value is 0.260. The molecule has 0 amide bonds. The van der Waals surface area contributed by atoms with E-state index in [2.05, 4.69) is 0 Å². The second-order valence-electron chi connectivity index (χ2n) is 2.59. The fraction of sp³-hybridized carbons (Fsp3) is 1.00. The van der Waals surface area contributed by atoms with Crippen molar-refractivity contribution >= 4 is 15.2 Å². The molecule has 7 nitrogen and oxygen atoms in total. The van der Waals surface area contributed by atoms with Crippen LogP contribution in [0.25, 0.3) is 0 Å². The largest absolute Gasteiger partial charge is 0.340 e. The van der Waals surface area contributed by atoms with E-state index < -0.39 is 20.6 Å². The van der Waals surface area contributed by atoms with E-state index in [-0.39, 0.29) is 19.4 Å². The summed E-state index contributed by atoms with van der Waals surface area (Å²) >= 11 is 0. The van der Waals surface area contributed by atoms with Gasteiger partial charge in [-0.25, -0.2) is 0 Å². The van der Waals surface area contributed by atoms with Gasteiger partial charge in [-0.1, -0.05) is 0 Å². The first-order valence-corrected chi connectivity index (χ1v) is 6.86. The maximum Gasteiger partial charge on any atom is 0.340 e. The van der Waals surface area contributed by atoms with Gasteiger partial charge in [0.2, 0.25) is 0 Å². The second-order valence-corrected chi connectivity index (χ2v) is 6.60. The molecule has 0 aromatic rings. The summed E-state index contributed by atoms with van der Waals surface area (Å²) in [5.74, 6) is 0. The van der Waals surface area contributed by atoms with Gasteiger partial charge in [0.15, 0.2) is 5.40 Å². The summed E-state index contributed by atoms with van der Waals surface area (Å²) in [6.45, 7) is 0.135. The fourth-order valence-electron chi connectivity index (χ4n) is 0.833. The first-order valence-electron chi connectivity index (χ1n) is 3.50. The normalized spacial score (nSPS) is 13.7. The van der Waals surface area contributed by atoms with Gasteiger partial charge < -0.3 is 25.3 Å². The van der Waals surface area contributed by atoms with E-state index in [0.29, 0.717) is 0 Å². The summed E-state index contributed by atoms with van der Waals surface area (Å²) < 4.78 is 21.3. The Morgan fingerprint density at radius 2 is 1.46 bits per heavy atom. The highest BCUT2D eigenvalue weighted by atomic mass is 31.2. The quantitative estimate of drug-likeness (QED) is 0.399. The van der Waals surface area contributed by atoms with Crippen molar-refractivity contribution in [2.75, 3.05) is 6.54 Å². The summed E-state index contributed by atoms with van der Waals surface area (Å²) in [6.07, 6.45) is -0.105. The molecule has 0 radical (unpaired) electrons. The third-order valence-electron chi connectivity index (χ3n) is 1.44. The summed E-state index contributed by atoms with van der Waals surface area (Å²) in [4.78, 5) is 34.5. The average molecular weight is 233 g/mol. The standard InChI is InChI=1S/C4H13NO6P2/c5-3-1-2-4(12(6,7)8)13(9,10)11/h4H,1-3,5H2,(H2,6,7,8)(H2,9,10,11). The highest BCUT2D eigenvalue weighted by Gasteiger charge is 2.42. The molecule has 0 saturated heterocycles. The molecule has 0 bridgehead atoms. The summed E-state index contributed by atoms with van der Waals surface area (Å²) in [6, 6.07) is 0. The Labute approximate surface area is 75.3 Å². The Balaban J connectivity index is 4.59. The van der Waals surface area contributed by atoms with Gasteiger partial charge in [0.25, 0.3) is 0 Å². The van der Waals surface area contributed by atoms with Crippen LogP contribution in [0.15, 0.2) is 0 Å². The minimum absolute atomic E-state index is 0.135. The van der Waals surface area contributed by atoms with Crippen molar-refractivity contribution in [2.24, 2.45) is 5.73 Å². The maximum atomic E-state index is 10.6. The van der Waals surface area contributed by atoms with Crippen molar-refractivity contribution in [2.45, 2.75) is 18.2 Å². The lowest BCUT2D eigenvalue weighted by Gasteiger charge is -2.18. The second kappa shape index (κ2) is 4.66. The Kier molecular flexibility index (Phi) is 4.76. The van der Waals surface area contributed by atoms with Crippen LogP contribution in [0, 0.1) is 0 Å². The molecule has 13 heavy (non-hydrogen) atoms. The molecular formula is C4H13NO6P2. The van der Waals surface area contributed by atoms with E-state index in [1.807, 2.05) is 0 Å². The van der Waals surface area contributed by atoms with Gasteiger partial charge in [-0.15, -0.1) is 0 Å². The van der Waals surface area contributed by atoms with Crippen LogP contribution in [0.3, 0.4) is 0 Å². The minimum atomic E-state index is -4.75. The number of rotatable bonds is 5. The number of hydrogen-bond acceptors (Lipinski definition) is 3. The van der Waals surface area contributed by atoms with Crippen LogP contribution in [0.4, 0.5) is 0 Å². The molecule has 0 aliphatic carbocycles. The van der Waals surface area contributed by atoms with E-state index in [1.165, 1.54) is 0 Å². The van der Waals surface area contributed by atoms with Crippen molar-refractivity contribution in [1.29, 1.82) is 0 Å². The van der Waals surface area contributed by atoms with Crippen molar-refractivity contribution in [1.82, 2.24) is 0 Å². The third-order valence-corrected chi connectivity index (χ3v) is 5.32. The predicted octanol–water partition coefficient (Wildman–Crippen LogP) is -0.593. The van der Waals surface area contributed by atoms with E-state index in [4.69, 9.17) is 25.3 Å². The van der Waals surface area contributed by atoms with Crippen molar-refractivity contribution in [3.05, 3.63) is 0 Å². The highest BCUT2D eigenvalue weighted by molar-refractivity contribution is 7.70. The van der Waals surface area contributed by atoms with Crippen LogP contribution in [-0.2, 0) is 9.13 Å². The molecule has 0 aromatic carbocycles. The fourth-order valence-corrected chi connectivity index (χ4v) is 3.44. The Morgan fingerprint density at radius 3 is 1.69 bits per heavy atom. The van der Waals surface area contributed by atoms with Crippen molar-refractivity contribution < 1.29 is 28.7 Å². The molecule has 0 atom stereocenters. The molecule has 0 aliphatic heterocycles. The van der Waals surface area contributed by atoms with E-state index >= 15 is 0 Å². The van der Waals surface area contributed by atoms with Crippen molar-refractivity contribution in [3.63, 3.8) is 0 Å². The summed E-state index contributed by atoms with van der Waals surface area (Å²) in [5.41, 5.74) is 5.06. The zero-order valence-electron chi connectivity index (χ0n) is 6.78. The van der Waals surface area contributed by atoms with Gasteiger partial charge in [-0.2, -0.15) is 0 Å². The first-order chi connectivity index (χ1) is 5.69. The van der Waals surface area contributed by atoms with Gasteiger partial charge in [0.1, 0.15) is 0 Å². The highest BCUT2D eigenvalue weighted by Crippen LogP contribution is 2.61. The lowest BCUT2D eigenvalue weighted by Crippen LogP contribution is -2.11. The summed E-state index contributed by atoms with van der Waals surface area (Å²) in [5, 5.41) is -1.91.